The molecule has 0 radical (unpaired) electrons. The minimum absolute atomic E-state index is 0.236. The Bertz CT molecular complexity index is 485. The smallest absolute Gasteiger partial charge is 0.159 e. The molecule has 0 atom stereocenters. The fourth-order valence-corrected chi connectivity index (χ4v) is 1.44. The van der Waals surface area contributed by atoms with Gasteiger partial charge in [-0.05, 0) is 30.7 Å². The van der Waals surface area contributed by atoms with E-state index in [1.54, 1.807) is 0 Å². The van der Waals surface area contributed by atoms with E-state index in [0.717, 1.165) is 17.8 Å². The van der Waals surface area contributed by atoms with Crippen LogP contribution in [0.1, 0.15) is 13.3 Å². The fourth-order valence-electron chi connectivity index (χ4n) is 1.44. The van der Waals surface area contributed by atoms with Gasteiger partial charge in [-0.2, -0.15) is 20.5 Å². The van der Waals surface area contributed by atoms with E-state index in [9.17, 15) is 0 Å². The van der Waals surface area contributed by atoms with Crippen LogP contribution in [0.2, 0.25) is 0 Å². The SMILES string of the molecule is CCC(N=Nc1ccccc1)N=Nc1ccccc1. The summed E-state index contributed by atoms with van der Waals surface area (Å²) in [7, 11) is 0. The zero-order chi connectivity index (χ0) is 13.3. The maximum absolute atomic E-state index is 4.19. The molecule has 4 nitrogen and oxygen atoms in total. The summed E-state index contributed by atoms with van der Waals surface area (Å²) in [5, 5.41) is 16.7. The number of rotatable bonds is 5. The molecule has 0 aliphatic rings. The van der Waals surface area contributed by atoms with E-state index in [2.05, 4.69) is 20.5 Å². The Labute approximate surface area is 112 Å². The van der Waals surface area contributed by atoms with Crippen LogP contribution in [-0.4, -0.2) is 6.17 Å². The third-order valence-corrected chi connectivity index (χ3v) is 2.49. The van der Waals surface area contributed by atoms with Crippen molar-refractivity contribution >= 4 is 11.4 Å². The summed E-state index contributed by atoms with van der Waals surface area (Å²) >= 11 is 0. The number of azo groups is 2. The van der Waals surface area contributed by atoms with Crippen LogP contribution in [0.4, 0.5) is 11.4 Å². The Balaban J connectivity index is 2.01. The molecular weight excluding hydrogens is 236 g/mol. The highest BCUT2D eigenvalue weighted by Gasteiger charge is 2.00. The third-order valence-electron chi connectivity index (χ3n) is 2.49. The molecule has 2 aromatic rings. The van der Waals surface area contributed by atoms with Gasteiger partial charge >= 0.3 is 0 Å². The maximum atomic E-state index is 4.19. The normalized spacial score (nSPS) is 13.1. The molecule has 96 valence electrons. The molecule has 19 heavy (non-hydrogen) atoms. The summed E-state index contributed by atoms with van der Waals surface area (Å²) in [6.45, 7) is 2.01. The fraction of sp³-hybridized carbons (Fsp3) is 0.200. The molecule has 0 aliphatic carbocycles. The van der Waals surface area contributed by atoms with Crippen LogP contribution in [0.25, 0.3) is 0 Å². The van der Waals surface area contributed by atoms with Crippen LogP contribution < -0.4 is 0 Å². The molecular formula is C15H16N4. The van der Waals surface area contributed by atoms with Gasteiger partial charge in [0, 0.05) is 0 Å². The first kappa shape index (κ1) is 13.1. The minimum atomic E-state index is -0.236. The van der Waals surface area contributed by atoms with Gasteiger partial charge in [-0.15, -0.1) is 0 Å². The average molecular weight is 252 g/mol. The molecule has 0 fully saturated rings. The quantitative estimate of drug-likeness (QED) is 0.649. The van der Waals surface area contributed by atoms with Crippen molar-refractivity contribution in [2.75, 3.05) is 0 Å². The first-order valence-electron chi connectivity index (χ1n) is 6.30. The summed E-state index contributed by atoms with van der Waals surface area (Å²) in [6, 6.07) is 19.3. The molecule has 0 heterocycles. The zero-order valence-corrected chi connectivity index (χ0v) is 10.8. The van der Waals surface area contributed by atoms with Crippen molar-refractivity contribution in [3.63, 3.8) is 0 Å². The molecule has 0 bridgehead atoms. The lowest BCUT2D eigenvalue weighted by Crippen LogP contribution is -1.94. The molecule has 0 aromatic heterocycles. The van der Waals surface area contributed by atoms with Gasteiger partial charge in [0.05, 0.1) is 11.4 Å². The highest BCUT2D eigenvalue weighted by atomic mass is 15.3. The van der Waals surface area contributed by atoms with Crippen LogP contribution in [0.5, 0.6) is 0 Å². The second kappa shape index (κ2) is 7.16. The lowest BCUT2D eigenvalue weighted by atomic mass is 10.3. The van der Waals surface area contributed by atoms with Gasteiger partial charge in [-0.3, -0.25) is 0 Å². The standard InChI is InChI=1S/C15H16N4/c1-2-15(18-16-13-9-5-3-6-10-13)19-17-14-11-7-4-8-12-14/h3-12,15H,2H2,1H3. The third kappa shape index (κ3) is 4.43. The Morgan fingerprint density at radius 3 is 1.53 bits per heavy atom. The first-order chi connectivity index (χ1) is 9.38. The molecule has 0 N–H and O–H groups in total. The van der Waals surface area contributed by atoms with Crippen molar-refractivity contribution in [2.45, 2.75) is 19.5 Å². The van der Waals surface area contributed by atoms with E-state index < -0.39 is 0 Å². The number of hydrogen-bond acceptors (Lipinski definition) is 4. The summed E-state index contributed by atoms with van der Waals surface area (Å²) < 4.78 is 0. The molecule has 0 spiro atoms. The Morgan fingerprint density at radius 1 is 0.737 bits per heavy atom. The van der Waals surface area contributed by atoms with E-state index in [-0.39, 0.29) is 6.17 Å². The number of nitrogens with zero attached hydrogens (tertiary/aromatic N) is 4. The maximum Gasteiger partial charge on any atom is 0.181 e. The molecule has 0 saturated heterocycles. The Morgan fingerprint density at radius 2 is 1.16 bits per heavy atom. The van der Waals surface area contributed by atoms with Gasteiger partial charge in [0.1, 0.15) is 0 Å². The van der Waals surface area contributed by atoms with Gasteiger partial charge in [0.2, 0.25) is 0 Å². The monoisotopic (exact) mass is 252 g/mol. The predicted molar refractivity (Wildman–Crippen MR) is 76.0 cm³/mol. The van der Waals surface area contributed by atoms with Crippen molar-refractivity contribution in [1.29, 1.82) is 0 Å². The molecule has 0 amide bonds. The van der Waals surface area contributed by atoms with Crippen LogP contribution >= 0.6 is 0 Å². The predicted octanol–water partition coefficient (Wildman–Crippen LogP) is 5.29. The lowest BCUT2D eigenvalue weighted by Gasteiger charge is -2.00. The zero-order valence-electron chi connectivity index (χ0n) is 10.8. The van der Waals surface area contributed by atoms with E-state index >= 15 is 0 Å². The van der Waals surface area contributed by atoms with E-state index in [1.165, 1.54) is 0 Å². The highest BCUT2D eigenvalue weighted by molar-refractivity contribution is 5.35. The van der Waals surface area contributed by atoms with Crippen LogP contribution in [0.3, 0.4) is 0 Å². The van der Waals surface area contributed by atoms with Crippen molar-refractivity contribution in [1.82, 2.24) is 0 Å². The molecule has 0 unspecified atom stereocenters. The highest BCUT2D eigenvalue weighted by Crippen LogP contribution is 2.15. The van der Waals surface area contributed by atoms with Crippen molar-refractivity contribution < 1.29 is 0 Å². The Hall–Kier alpha value is -2.36. The van der Waals surface area contributed by atoms with Gasteiger partial charge in [-0.1, -0.05) is 43.3 Å². The van der Waals surface area contributed by atoms with E-state index in [1.807, 2.05) is 67.6 Å². The first-order valence-corrected chi connectivity index (χ1v) is 6.30. The van der Waals surface area contributed by atoms with Gasteiger partial charge in [0.25, 0.3) is 0 Å². The largest absolute Gasteiger partial charge is 0.181 e. The Kier molecular flexibility index (Phi) is 4.93. The van der Waals surface area contributed by atoms with E-state index in [0.29, 0.717) is 0 Å². The van der Waals surface area contributed by atoms with Crippen LogP contribution in [0, 0.1) is 0 Å². The summed E-state index contributed by atoms with van der Waals surface area (Å²) in [5.74, 6) is 0. The molecule has 0 saturated carbocycles. The van der Waals surface area contributed by atoms with Crippen LogP contribution in [-0.2, 0) is 0 Å². The molecule has 4 heteroatoms. The van der Waals surface area contributed by atoms with Crippen LogP contribution in [0.15, 0.2) is 81.1 Å². The lowest BCUT2D eigenvalue weighted by molar-refractivity contribution is 0.624. The van der Waals surface area contributed by atoms with Crippen molar-refractivity contribution in [3.8, 4) is 0 Å². The molecule has 0 aliphatic heterocycles. The second-order valence-corrected chi connectivity index (χ2v) is 3.99. The number of hydrogen-bond donors (Lipinski definition) is 0. The van der Waals surface area contributed by atoms with Gasteiger partial charge < -0.3 is 0 Å². The average Bonchev–Trinajstić information content (AvgIpc) is 2.49. The summed E-state index contributed by atoms with van der Waals surface area (Å²) in [5.41, 5.74) is 1.66. The summed E-state index contributed by atoms with van der Waals surface area (Å²) in [6.07, 6.45) is 0.535. The summed E-state index contributed by atoms with van der Waals surface area (Å²) in [4.78, 5) is 0. The van der Waals surface area contributed by atoms with E-state index in [4.69, 9.17) is 0 Å². The minimum Gasteiger partial charge on any atom is -0.159 e. The van der Waals surface area contributed by atoms with Gasteiger partial charge in [0.15, 0.2) is 6.17 Å². The number of benzene rings is 2. The second-order valence-electron chi connectivity index (χ2n) is 3.99. The van der Waals surface area contributed by atoms with Gasteiger partial charge in [-0.25, -0.2) is 0 Å². The molecule has 2 rings (SSSR count). The molecule has 2 aromatic carbocycles. The van der Waals surface area contributed by atoms with Crippen molar-refractivity contribution in [2.24, 2.45) is 20.5 Å². The van der Waals surface area contributed by atoms with Crippen molar-refractivity contribution in [3.05, 3.63) is 60.7 Å². The topological polar surface area (TPSA) is 49.4 Å².